The largest absolute Gasteiger partial charge is 0.482 e. The Hall–Kier alpha value is -2.41. The number of halogens is 1. The zero-order valence-corrected chi connectivity index (χ0v) is 12.3. The Morgan fingerprint density at radius 3 is 3.05 bits per heavy atom. The molecule has 0 unspecified atom stereocenters. The van der Waals surface area contributed by atoms with Crippen molar-refractivity contribution in [1.82, 2.24) is 4.98 Å². The molecule has 6 nitrogen and oxygen atoms in total. The molecule has 2 heterocycles. The predicted molar refractivity (Wildman–Crippen MR) is 80.5 cm³/mol. The number of pyridine rings is 1. The highest BCUT2D eigenvalue weighted by atomic mass is 79.9. The number of nitrogens with zero attached hydrogens (tertiary/aromatic N) is 1. The highest BCUT2D eigenvalue weighted by molar-refractivity contribution is 9.10. The van der Waals surface area contributed by atoms with E-state index in [-0.39, 0.29) is 24.1 Å². The summed E-state index contributed by atoms with van der Waals surface area (Å²) in [5.41, 5.74) is 1.36. The monoisotopic (exact) mass is 347 g/mol. The van der Waals surface area contributed by atoms with Gasteiger partial charge in [-0.3, -0.25) is 9.59 Å². The van der Waals surface area contributed by atoms with E-state index in [4.69, 9.17) is 4.74 Å². The third-order valence-electron chi connectivity index (χ3n) is 2.84. The Balaban J connectivity index is 1.82. The minimum Gasteiger partial charge on any atom is -0.482 e. The summed E-state index contributed by atoms with van der Waals surface area (Å²) in [6, 6.07) is 8.50. The second-order valence-corrected chi connectivity index (χ2v) is 5.19. The maximum atomic E-state index is 12.1. The summed E-state index contributed by atoms with van der Waals surface area (Å²) in [5, 5.41) is 5.41. The van der Waals surface area contributed by atoms with Gasteiger partial charge in [-0.25, -0.2) is 4.98 Å². The van der Waals surface area contributed by atoms with Crippen LogP contribution in [0.5, 0.6) is 5.75 Å². The van der Waals surface area contributed by atoms with Crippen molar-refractivity contribution in [3.8, 4) is 5.75 Å². The summed E-state index contributed by atoms with van der Waals surface area (Å²) in [6.45, 7) is -0.000409. The number of anilines is 2. The van der Waals surface area contributed by atoms with E-state index in [2.05, 4.69) is 31.5 Å². The third kappa shape index (κ3) is 2.87. The number of aromatic nitrogens is 1. The van der Waals surface area contributed by atoms with Gasteiger partial charge in [0.15, 0.2) is 6.61 Å². The average Bonchev–Trinajstić information content (AvgIpc) is 2.47. The van der Waals surface area contributed by atoms with Crippen LogP contribution in [0.4, 0.5) is 11.4 Å². The molecule has 1 aliphatic rings. The number of hydrogen-bond acceptors (Lipinski definition) is 4. The lowest BCUT2D eigenvalue weighted by Gasteiger charge is -2.18. The van der Waals surface area contributed by atoms with Gasteiger partial charge < -0.3 is 15.4 Å². The van der Waals surface area contributed by atoms with Gasteiger partial charge in [-0.2, -0.15) is 0 Å². The summed E-state index contributed by atoms with van der Waals surface area (Å²) < 4.78 is 5.86. The molecule has 3 rings (SSSR count). The van der Waals surface area contributed by atoms with Gasteiger partial charge in [-0.1, -0.05) is 0 Å². The lowest BCUT2D eigenvalue weighted by atomic mass is 10.2. The van der Waals surface area contributed by atoms with Crippen LogP contribution in [0.25, 0.3) is 0 Å². The molecular formula is C14H10BrN3O3. The van der Waals surface area contributed by atoms with Crippen LogP contribution in [-0.4, -0.2) is 23.4 Å². The van der Waals surface area contributed by atoms with Gasteiger partial charge in [0.25, 0.3) is 11.8 Å². The minimum absolute atomic E-state index is 0.000409. The second kappa shape index (κ2) is 5.53. The number of nitrogens with one attached hydrogen (secondary N) is 2. The molecule has 2 N–H and O–H groups in total. The Morgan fingerprint density at radius 1 is 1.38 bits per heavy atom. The summed E-state index contributed by atoms with van der Waals surface area (Å²) in [7, 11) is 0. The number of carbonyl (C=O) groups is 2. The van der Waals surface area contributed by atoms with Crippen LogP contribution in [0.15, 0.2) is 41.0 Å². The van der Waals surface area contributed by atoms with E-state index in [0.29, 0.717) is 21.6 Å². The van der Waals surface area contributed by atoms with Crippen LogP contribution < -0.4 is 15.4 Å². The first-order valence-corrected chi connectivity index (χ1v) is 6.91. The molecule has 21 heavy (non-hydrogen) atoms. The fourth-order valence-electron chi connectivity index (χ4n) is 1.90. The van der Waals surface area contributed by atoms with Gasteiger partial charge in [-0.05, 0) is 46.3 Å². The molecule has 0 spiro atoms. The van der Waals surface area contributed by atoms with Crippen molar-refractivity contribution in [3.63, 3.8) is 0 Å². The van der Waals surface area contributed by atoms with Crippen LogP contribution >= 0.6 is 15.9 Å². The van der Waals surface area contributed by atoms with Gasteiger partial charge in [0.2, 0.25) is 0 Å². The van der Waals surface area contributed by atoms with Gasteiger partial charge in [0, 0.05) is 16.4 Å². The zero-order chi connectivity index (χ0) is 14.8. The van der Waals surface area contributed by atoms with E-state index in [9.17, 15) is 9.59 Å². The Morgan fingerprint density at radius 2 is 2.24 bits per heavy atom. The normalized spacial score (nSPS) is 12.9. The maximum absolute atomic E-state index is 12.1. The fourth-order valence-corrected chi connectivity index (χ4v) is 2.34. The molecular weight excluding hydrogens is 338 g/mol. The van der Waals surface area contributed by atoms with Crippen LogP contribution in [0.2, 0.25) is 0 Å². The smallest absolute Gasteiger partial charge is 0.275 e. The highest BCUT2D eigenvalue weighted by Crippen LogP contribution is 2.30. The van der Waals surface area contributed by atoms with Crippen molar-refractivity contribution < 1.29 is 14.3 Å². The van der Waals surface area contributed by atoms with Crippen molar-refractivity contribution in [2.75, 3.05) is 17.2 Å². The molecule has 1 aromatic heterocycles. The third-order valence-corrected chi connectivity index (χ3v) is 3.48. The Bertz CT molecular complexity index is 733. The SMILES string of the molecule is O=C1COc2ccc(NC(=O)c3ncccc3Br)cc2N1. The summed E-state index contributed by atoms with van der Waals surface area (Å²) in [5.74, 6) is 0.00976. The molecule has 2 aromatic rings. The quantitative estimate of drug-likeness (QED) is 0.874. The number of amides is 2. The number of hydrogen-bond donors (Lipinski definition) is 2. The van der Waals surface area contributed by atoms with Gasteiger partial charge in [-0.15, -0.1) is 0 Å². The van der Waals surface area contributed by atoms with Crippen molar-refractivity contribution in [2.45, 2.75) is 0 Å². The minimum atomic E-state index is -0.342. The number of carbonyl (C=O) groups excluding carboxylic acids is 2. The molecule has 0 bridgehead atoms. The first-order valence-electron chi connectivity index (χ1n) is 6.12. The maximum Gasteiger partial charge on any atom is 0.275 e. The van der Waals surface area contributed by atoms with Crippen molar-refractivity contribution in [2.24, 2.45) is 0 Å². The molecule has 7 heteroatoms. The highest BCUT2D eigenvalue weighted by Gasteiger charge is 2.17. The summed E-state index contributed by atoms with van der Waals surface area (Å²) >= 11 is 3.28. The van der Waals surface area contributed by atoms with E-state index in [1.54, 1.807) is 36.5 Å². The van der Waals surface area contributed by atoms with E-state index in [1.165, 1.54) is 0 Å². The molecule has 0 fully saturated rings. The number of rotatable bonds is 2. The van der Waals surface area contributed by atoms with Crippen molar-refractivity contribution in [1.29, 1.82) is 0 Å². The van der Waals surface area contributed by atoms with Crippen molar-refractivity contribution in [3.05, 3.63) is 46.7 Å². The first kappa shape index (κ1) is 13.6. The molecule has 0 radical (unpaired) electrons. The Labute approximate surface area is 128 Å². The molecule has 0 saturated heterocycles. The Kier molecular flexibility index (Phi) is 3.57. The number of benzene rings is 1. The topological polar surface area (TPSA) is 80.3 Å². The molecule has 0 atom stereocenters. The van der Waals surface area contributed by atoms with E-state index < -0.39 is 0 Å². The lowest BCUT2D eigenvalue weighted by molar-refractivity contribution is -0.118. The first-order chi connectivity index (χ1) is 10.1. The van der Waals surface area contributed by atoms with Gasteiger partial charge in [0.1, 0.15) is 11.4 Å². The summed E-state index contributed by atoms with van der Waals surface area (Å²) in [4.78, 5) is 27.5. The van der Waals surface area contributed by atoms with Crippen molar-refractivity contribution >= 4 is 39.1 Å². The molecule has 0 saturated carbocycles. The van der Waals surface area contributed by atoms with Crippen LogP contribution in [0, 0.1) is 0 Å². The number of ether oxygens (including phenoxy) is 1. The van der Waals surface area contributed by atoms with E-state index in [0.717, 1.165) is 0 Å². The molecule has 0 aliphatic carbocycles. The van der Waals surface area contributed by atoms with Crippen LogP contribution in [0.3, 0.4) is 0 Å². The standard InChI is InChI=1S/C14H10BrN3O3/c15-9-2-1-5-16-13(9)14(20)17-8-3-4-11-10(6-8)18-12(19)7-21-11/h1-6H,7H2,(H,17,20)(H,18,19). The lowest BCUT2D eigenvalue weighted by Crippen LogP contribution is -2.25. The van der Waals surface area contributed by atoms with E-state index in [1.807, 2.05) is 0 Å². The summed E-state index contributed by atoms with van der Waals surface area (Å²) in [6.07, 6.45) is 1.54. The zero-order valence-electron chi connectivity index (χ0n) is 10.7. The predicted octanol–water partition coefficient (Wildman–Crippen LogP) is 2.43. The van der Waals surface area contributed by atoms with Crippen LogP contribution in [0.1, 0.15) is 10.5 Å². The number of fused-ring (bicyclic) bond motifs is 1. The van der Waals surface area contributed by atoms with Crippen LogP contribution in [-0.2, 0) is 4.79 Å². The van der Waals surface area contributed by atoms with Gasteiger partial charge >= 0.3 is 0 Å². The molecule has 1 aliphatic heterocycles. The molecule has 106 valence electrons. The second-order valence-electron chi connectivity index (χ2n) is 4.34. The molecule has 1 aromatic carbocycles. The van der Waals surface area contributed by atoms with E-state index >= 15 is 0 Å². The van der Waals surface area contributed by atoms with Gasteiger partial charge in [0.05, 0.1) is 5.69 Å². The fraction of sp³-hybridized carbons (Fsp3) is 0.0714. The average molecular weight is 348 g/mol. The molecule has 2 amide bonds.